The Morgan fingerprint density at radius 3 is 2.31 bits per heavy atom. The minimum absolute atomic E-state index is 0.0486. The Morgan fingerprint density at radius 1 is 1.24 bits per heavy atom. The molecule has 3 N–H and O–H groups in total. The molecule has 0 heterocycles. The normalized spacial score (nSPS) is 11.0. The summed E-state index contributed by atoms with van der Waals surface area (Å²) < 4.78 is 29.7. The molecule has 0 unspecified atom stereocenters. The fourth-order valence-electron chi connectivity index (χ4n) is 2.16. The molecule has 0 fully saturated rings. The van der Waals surface area contributed by atoms with Crippen LogP contribution in [0.15, 0.2) is 41.3 Å². The molecule has 0 aromatic heterocycles. The van der Waals surface area contributed by atoms with E-state index in [1.165, 1.54) is 6.07 Å². The Morgan fingerprint density at radius 2 is 1.83 bits per heavy atom. The van der Waals surface area contributed by atoms with Gasteiger partial charge in [-0.15, -0.1) is 0 Å². The maximum absolute atomic E-state index is 12.4. The summed E-state index contributed by atoms with van der Waals surface area (Å²) in [7, 11) is -4.40. The SMILES string of the molecule is NC(=S)N(Cc1ccc(OS(=O)(=O)c2cc(Cl)cc(Cl)c2)cc1[N+](=O)[O-])C(=O)O. The van der Waals surface area contributed by atoms with Gasteiger partial charge in [-0.1, -0.05) is 23.2 Å². The number of thiocarbonyl (C=S) groups is 1. The molecule has 0 saturated heterocycles. The zero-order valence-corrected chi connectivity index (χ0v) is 17.3. The largest absolute Gasteiger partial charge is 0.465 e. The Kier molecular flexibility index (Phi) is 6.85. The van der Waals surface area contributed by atoms with E-state index in [1.54, 1.807) is 0 Å². The monoisotopic (exact) mass is 479 g/mol. The van der Waals surface area contributed by atoms with Crippen molar-refractivity contribution in [3.05, 3.63) is 62.1 Å². The van der Waals surface area contributed by atoms with Gasteiger partial charge in [0.05, 0.1) is 23.1 Å². The number of hydrogen-bond donors (Lipinski definition) is 2. The van der Waals surface area contributed by atoms with E-state index in [-0.39, 0.29) is 26.3 Å². The second-order valence-electron chi connectivity index (χ2n) is 5.40. The Balaban J connectivity index is 2.40. The number of nitro groups is 1. The molecule has 0 saturated carbocycles. The van der Waals surface area contributed by atoms with E-state index in [9.17, 15) is 23.3 Å². The fourth-order valence-corrected chi connectivity index (χ4v) is 3.95. The predicted molar refractivity (Wildman–Crippen MR) is 108 cm³/mol. The van der Waals surface area contributed by atoms with Crippen LogP contribution in [0.25, 0.3) is 0 Å². The molecule has 2 rings (SSSR count). The lowest BCUT2D eigenvalue weighted by atomic mass is 10.1. The number of carbonyl (C=O) groups is 1. The Labute approximate surface area is 179 Å². The van der Waals surface area contributed by atoms with Crippen molar-refractivity contribution >= 4 is 62.4 Å². The molecule has 0 aliphatic carbocycles. The number of nitro benzene ring substituents is 1. The first kappa shape index (κ1) is 22.6. The van der Waals surface area contributed by atoms with Crippen LogP contribution in [0.1, 0.15) is 5.56 Å². The molecule has 154 valence electrons. The van der Waals surface area contributed by atoms with E-state index in [0.29, 0.717) is 4.90 Å². The Hall–Kier alpha value is -2.67. The van der Waals surface area contributed by atoms with Crippen LogP contribution in [-0.2, 0) is 16.7 Å². The predicted octanol–water partition coefficient (Wildman–Crippen LogP) is 3.39. The zero-order valence-electron chi connectivity index (χ0n) is 14.1. The molecule has 10 nitrogen and oxygen atoms in total. The van der Waals surface area contributed by atoms with Gasteiger partial charge in [-0.05, 0) is 42.5 Å². The van der Waals surface area contributed by atoms with Crippen molar-refractivity contribution in [2.75, 3.05) is 0 Å². The molecule has 0 atom stereocenters. The molecular formula is C15H11Cl2N3O7S2. The van der Waals surface area contributed by atoms with Gasteiger partial charge in [0.25, 0.3) is 5.69 Å². The smallest absolute Gasteiger partial charge is 0.413 e. The molecule has 0 radical (unpaired) electrons. The van der Waals surface area contributed by atoms with Crippen LogP contribution in [0.4, 0.5) is 10.5 Å². The minimum atomic E-state index is -4.40. The molecule has 1 amide bonds. The fraction of sp³-hybridized carbons (Fsp3) is 0.0667. The molecule has 29 heavy (non-hydrogen) atoms. The van der Waals surface area contributed by atoms with Gasteiger partial charge in [0, 0.05) is 10.0 Å². The van der Waals surface area contributed by atoms with Gasteiger partial charge < -0.3 is 15.0 Å². The van der Waals surface area contributed by atoms with Crippen LogP contribution < -0.4 is 9.92 Å². The number of benzene rings is 2. The first-order valence-electron chi connectivity index (χ1n) is 7.38. The molecular weight excluding hydrogens is 469 g/mol. The van der Waals surface area contributed by atoms with Crippen molar-refractivity contribution in [3.8, 4) is 5.75 Å². The lowest BCUT2D eigenvalue weighted by Gasteiger charge is -2.17. The minimum Gasteiger partial charge on any atom is -0.465 e. The topological polar surface area (TPSA) is 153 Å². The standard InChI is InChI=1S/C15H11Cl2N3O7S2/c16-9-3-10(17)5-12(4-9)29(25,26)27-11-2-1-8(13(6-11)20(23)24)7-19(14(18)28)15(21)22/h1-6H,7H2,(H2,18,28)(H,21,22). The van der Waals surface area contributed by atoms with Crippen molar-refractivity contribution in [3.63, 3.8) is 0 Å². The van der Waals surface area contributed by atoms with Crippen LogP contribution in [0.3, 0.4) is 0 Å². The summed E-state index contributed by atoms with van der Waals surface area (Å²) in [6, 6.07) is 6.58. The molecule has 14 heteroatoms. The van der Waals surface area contributed by atoms with E-state index in [2.05, 4.69) is 12.2 Å². The highest BCUT2D eigenvalue weighted by atomic mass is 35.5. The molecule has 2 aromatic carbocycles. The van der Waals surface area contributed by atoms with E-state index >= 15 is 0 Å². The maximum atomic E-state index is 12.4. The van der Waals surface area contributed by atoms with Gasteiger partial charge in [-0.3, -0.25) is 10.1 Å². The highest BCUT2D eigenvalue weighted by molar-refractivity contribution is 7.87. The van der Waals surface area contributed by atoms with Crippen molar-refractivity contribution < 1.29 is 27.4 Å². The lowest BCUT2D eigenvalue weighted by Crippen LogP contribution is -2.39. The van der Waals surface area contributed by atoms with Crippen molar-refractivity contribution in [2.24, 2.45) is 5.73 Å². The summed E-state index contributed by atoms with van der Waals surface area (Å²) in [4.78, 5) is 21.8. The summed E-state index contributed by atoms with van der Waals surface area (Å²) in [5, 5.41) is 20.0. The van der Waals surface area contributed by atoms with E-state index in [4.69, 9.17) is 38.2 Å². The van der Waals surface area contributed by atoms with Crippen LogP contribution in [0, 0.1) is 10.1 Å². The number of carboxylic acid groups (broad SMARTS) is 1. The van der Waals surface area contributed by atoms with Gasteiger partial charge in [-0.25, -0.2) is 9.69 Å². The van der Waals surface area contributed by atoms with Gasteiger partial charge in [0.1, 0.15) is 10.6 Å². The molecule has 0 aliphatic heterocycles. The highest BCUT2D eigenvalue weighted by Crippen LogP contribution is 2.29. The number of rotatable bonds is 6. The van der Waals surface area contributed by atoms with Gasteiger partial charge >= 0.3 is 16.2 Å². The summed E-state index contributed by atoms with van der Waals surface area (Å²) in [5.74, 6) is -0.381. The van der Waals surface area contributed by atoms with Crippen molar-refractivity contribution in [2.45, 2.75) is 11.4 Å². The molecule has 2 aromatic rings. The summed E-state index contributed by atoms with van der Waals surface area (Å²) in [6.45, 7) is -0.516. The van der Waals surface area contributed by atoms with Gasteiger partial charge in [-0.2, -0.15) is 8.42 Å². The van der Waals surface area contributed by atoms with Gasteiger partial charge in [0.15, 0.2) is 5.11 Å². The average Bonchev–Trinajstić information content (AvgIpc) is 2.58. The van der Waals surface area contributed by atoms with E-state index in [1.807, 2.05) is 0 Å². The third-order valence-corrected chi connectivity index (χ3v) is 5.29. The quantitative estimate of drug-likeness (QED) is 0.274. The number of nitrogens with two attached hydrogens (primary N) is 1. The Bertz CT molecular complexity index is 1070. The van der Waals surface area contributed by atoms with Crippen molar-refractivity contribution in [1.29, 1.82) is 0 Å². The van der Waals surface area contributed by atoms with Crippen LogP contribution in [0.5, 0.6) is 5.75 Å². The number of halogens is 2. The first-order chi connectivity index (χ1) is 13.4. The zero-order chi connectivity index (χ0) is 21.9. The van der Waals surface area contributed by atoms with E-state index in [0.717, 1.165) is 30.3 Å². The molecule has 0 spiro atoms. The lowest BCUT2D eigenvalue weighted by molar-refractivity contribution is -0.385. The first-order valence-corrected chi connectivity index (χ1v) is 9.96. The summed E-state index contributed by atoms with van der Waals surface area (Å²) in [5.41, 5.74) is 4.62. The van der Waals surface area contributed by atoms with Gasteiger partial charge in [0.2, 0.25) is 0 Å². The highest BCUT2D eigenvalue weighted by Gasteiger charge is 2.24. The molecule has 0 aliphatic rings. The van der Waals surface area contributed by atoms with E-state index < -0.39 is 38.5 Å². The summed E-state index contributed by atoms with van der Waals surface area (Å²) >= 11 is 16.2. The maximum Gasteiger partial charge on any atom is 0.413 e. The summed E-state index contributed by atoms with van der Waals surface area (Å²) in [6.07, 6.45) is -1.51. The van der Waals surface area contributed by atoms with Crippen molar-refractivity contribution in [1.82, 2.24) is 4.90 Å². The number of nitrogens with zero attached hydrogens (tertiary/aromatic N) is 2. The number of amides is 1. The average molecular weight is 480 g/mol. The van der Waals surface area contributed by atoms with Crippen LogP contribution in [-0.4, -0.2) is 34.6 Å². The van der Waals surface area contributed by atoms with Crippen LogP contribution >= 0.6 is 35.4 Å². The second-order valence-corrected chi connectivity index (χ2v) is 8.23. The third kappa shape index (κ3) is 5.67. The number of hydrogen-bond acceptors (Lipinski definition) is 7. The third-order valence-electron chi connectivity index (χ3n) is 3.41. The second kappa shape index (κ2) is 8.78. The molecule has 0 bridgehead atoms. The van der Waals surface area contributed by atoms with Crippen LogP contribution in [0.2, 0.25) is 10.0 Å².